The van der Waals surface area contributed by atoms with E-state index in [1.165, 1.54) is 0 Å². The zero-order chi connectivity index (χ0) is 15.8. The molecule has 0 aliphatic rings. The highest BCUT2D eigenvalue weighted by molar-refractivity contribution is 5.87. The van der Waals surface area contributed by atoms with E-state index in [-0.39, 0.29) is 19.3 Å². The first-order chi connectivity index (χ1) is 9.90. The molecule has 0 bridgehead atoms. The Kier molecular flexibility index (Phi) is 6.35. The molecule has 7 nitrogen and oxygen atoms in total. The SMILES string of the molecule is NC(=O)CC(N)C(=O)NC(CCC(=O)O)c1ccccc1. The lowest BCUT2D eigenvalue weighted by molar-refractivity contribution is -0.137. The molecule has 7 heteroatoms. The third-order valence-electron chi connectivity index (χ3n) is 2.92. The molecule has 0 spiro atoms. The number of carboxylic acids is 1. The second-order valence-electron chi connectivity index (χ2n) is 4.68. The van der Waals surface area contributed by atoms with E-state index < -0.39 is 29.9 Å². The van der Waals surface area contributed by atoms with Crippen molar-refractivity contribution >= 4 is 17.8 Å². The van der Waals surface area contributed by atoms with E-state index in [1.807, 2.05) is 6.07 Å². The third-order valence-corrected chi connectivity index (χ3v) is 2.92. The first kappa shape index (κ1) is 16.6. The summed E-state index contributed by atoms with van der Waals surface area (Å²) >= 11 is 0. The van der Waals surface area contributed by atoms with Gasteiger partial charge in [-0.2, -0.15) is 0 Å². The van der Waals surface area contributed by atoms with Crippen LogP contribution in [0.1, 0.15) is 30.9 Å². The summed E-state index contributed by atoms with van der Waals surface area (Å²) in [5, 5.41) is 11.4. The predicted octanol–water partition coefficient (Wildman–Crippen LogP) is -0.0886. The summed E-state index contributed by atoms with van der Waals surface area (Å²) in [6.07, 6.45) is -0.119. The molecule has 0 saturated heterocycles. The number of primary amides is 1. The van der Waals surface area contributed by atoms with Gasteiger partial charge in [0, 0.05) is 6.42 Å². The average molecular weight is 293 g/mol. The third kappa shape index (κ3) is 6.05. The van der Waals surface area contributed by atoms with Crippen LogP contribution in [0.25, 0.3) is 0 Å². The molecule has 0 fully saturated rings. The van der Waals surface area contributed by atoms with E-state index in [0.29, 0.717) is 0 Å². The zero-order valence-electron chi connectivity index (χ0n) is 11.5. The Morgan fingerprint density at radius 3 is 2.33 bits per heavy atom. The Morgan fingerprint density at radius 2 is 1.81 bits per heavy atom. The Hall–Kier alpha value is -2.41. The molecule has 2 unspecified atom stereocenters. The maximum atomic E-state index is 11.9. The lowest BCUT2D eigenvalue weighted by Gasteiger charge is -2.20. The van der Waals surface area contributed by atoms with Crippen LogP contribution in [0.3, 0.4) is 0 Å². The van der Waals surface area contributed by atoms with Gasteiger partial charge in [-0.15, -0.1) is 0 Å². The summed E-state index contributed by atoms with van der Waals surface area (Å²) in [5.41, 5.74) is 11.3. The van der Waals surface area contributed by atoms with Gasteiger partial charge in [0.05, 0.1) is 18.5 Å². The molecule has 0 saturated carbocycles. The molecule has 0 heterocycles. The molecule has 1 aromatic rings. The van der Waals surface area contributed by atoms with Crippen molar-refractivity contribution in [2.75, 3.05) is 0 Å². The number of hydrogen-bond acceptors (Lipinski definition) is 4. The van der Waals surface area contributed by atoms with Crippen molar-refractivity contribution < 1.29 is 19.5 Å². The fourth-order valence-corrected chi connectivity index (χ4v) is 1.86. The summed E-state index contributed by atoms with van der Waals surface area (Å²) in [7, 11) is 0. The molecule has 0 radical (unpaired) electrons. The van der Waals surface area contributed by atoms with Gasteiger partial charge in [0.15, 0.2) is 0 Å². The number of hydrogen-bond donors (Lipinski definition) is 4. The Labute approximate surface area is 122 Å². The molecule has 0 aliphatic heterocycles. The molecule has 2 atom stereocenters. The standard InChI is InChI=1S/C14H19N3O4/c15-10(8-12(16)18)14(21)17-11(6-7-13(19)20)9-4-2-1-3-5-9/h1-5,10-11H,6-8,15H2,(H2,16,18)(H,17,21)(H,19,20). The van der Waals surface area contributed by atoms with Gasteiger partial charge in [-0.3, -0.25) is 14.4 Å². The molecule has 0 aliphatic carbocycles. The van der Waals surface area contributed by atoms with Crippen LogP contribution in [0, 0.1) is 0 Å². The minimum Gasteiger partial charge on any atom is -0.481 e. The molecule has 2 amide bonds. The fraction of sp³-hybridized carbons (Fsp3) is 0.357. The molecule has 1 aromatic carbocycles. The van der Waals surface area contributed by atoms with E-state index in [9.17, 15) is 14.4 Å². The molecular weight excluding hydrogens is 274 g/mol. The highest BCUT2D eigenvalue weighted by atomic mass is 16.4. The van der Waals surface area contributed by atoms with Gasteiger partial charge in [0.25, 0.3) is 0 Å². The van der Waals surface area contributed by atoms with Gasteiger partial charge < -0.3 is 21.9 Å². The highest BCUT2D eigenvalue weighted by Gasteiger charge is 2.21. The van der Waals surface area contributed by atoms with E-state index in [0.717, 1.165) is 5.56 Å². The Balaban J connectivity index is 2.75. The molecule has 114 valence electrons. The lowest BCUT2D eigenvalue weighted by Crippen LogP contribution is -2.44. The number of nitrogens with one attached hydrogen (secondary N) is 1. The molecule has 1 rings (SSSR count). The van der Waals surface area contributed by atoms with Crippen molar-refractivity contribution in [2.24, 2.45) is 11.5 Å². The van der Waals surface area contributed by atoms with E-state index in [1.54, 1.807) is 24.3 Å². The maximum absolute atomic E-state index is 11.9. The van der Waals surface area contributed by atoms with Crippen molar-refractivity contribution in [3.05, 3.63) is 35.9 Å². The van der Waals surface area contributed by atoms with Gasteiger partial charge in [0.2, 0.25) is 11.8 Å². The number of amides is 2. The number of aliphatic carboxylic acids is 1. The quantitative estimate of drug-likeness (QED) is 0.531. The maximum Gasteiger partial charge on any atom is 0.303 e. The van der Waals surface area contributed by atoms with Crippen molar-refractivity contribution in [3.63, 3.8) is 0 Å². The summed E-state index contributed by atoms with van der Waals surface area (Å²) < 4.78 is 0. The van der Waals surface area contributed by atoms with E-state index in [2.05, 4.69) is 5.32 Å². The van der Waals surface area contributed by atoms with Crippen LogP contribution in [0.4, 0.5) is 0 Å². The minimum atomic E-state index is -1.04. The first-order valence-electron chi connectivity index (χ1n) is 6.51. The second-order valence-corrected chi connectivity index (χ2v) is 4.68. The van der Waals surface area contributed by atoms with Crippen LogP contribution in [-0.2, 0) is 14.4 Å². The number of carbonyl (C=O) groups is 3. The Bertz CT molecular complexity index is 504. The number of nitrogens with two attached hydrogens (primary N) is 2. The largest absolute Gasteiger partial charge is 0.481 e. The highest BCUT2D eigenvalue weighted by Crippen LogP contribution is 2.18. The van der Waals surface area contributed by atoms with Crippen molar-refractivity contribution in [1.82, 2.24) is 5.32 Å². The summed E-state index contributed by atoms with van der Waals surface area (Å²) in [6.45, 7) is 0. The van der Waals surface area contributed by atoms with E-state index in [4.69, 9.17) is 16.6 Å². The normalized spacial score (nSPS) is 13.2. The number of carboxylic acid groups (broad SMARTS) is 1. The van der Waals surface area contributed by atoms with Crippen LogP contribution in [0.15, 0.2) is 30.3 Å². The van der Waals surface area contributed by atoms with Gasteiger partial charge >= 0.3 is 5.97 Å². The number of benzene rings is 1. The number of rotatable bonds is 8. The average Bonchev–Trinajstić information content (AvgIpc) is 2.43. The van der Waals surface area contributed by atoms with E-state index >= 15 is 0 Å². The Morgan fingerprint density at radius 1 is 1.19 bits per heavy atom. The molecule has 21 heavy (non-hydrogen) atoms. The topological polar surface area (TPSA) is 136 Å². The van der Waals surface area contributed by atoms with Gasteiger partial charge in [0.1, 0.15) is 0 Å². The van der Waals surface area contributed by atoms with Gasteiger partial charge in [-0.25, -0.2) is 0 Å². The van der Waals surface area contributed by atoms with Crippen LogP contribution in [0.5, 0.6) is 0 Å². The summed E-state index contributed by atoms with van der Waals surface area (Å²) in [4.78, 5) is 33.4. The monoisotopic (exact) mass is 293 g/mol. The van der Waals surface area contributed by atoms with Crippen LogP contribution >= 0.6 is 0 Å². The summed E-state index contributed by atoms with van der Waals surface area (Å²) in [6, 6.07) is 7.45. The number of carbonyl (C=O) groups excluding carboxylic acids is 2. The fourth-order valence-electron chi connectivity index (χ4n) is 1.86. The first-order valence-corrected chi connectivity index (χ1v) is 6.51. The van der Waals surface area contributed by atoms with Gasteiger partial charge in [-0.1, -0.05) is 30.3 Å². The smallest absolute Gasteiger partial charge is 0.303 e. The second kappa shape index (κ2) is 8.01. The summed E-state index contributed by atoms with van der Waals surface area (Å²) in [5.74, 6) is -2.15. The van der Waals surface area contributed by atoms with Crippen LogP contribution < -0.4 is 16.8 Å². The van der Waals surface area contributed by atoms with Crippen molar-refractivity contribution in [3.8, 4) is 0 Å². The van der Waals surface area contributed by atoms with Gasteiger partial charge in [-0.05, 0) is 12.0 Å². The molecular formula is C14H19N3O4. The minimum absolute atomic E-state index is 0.0924. The van der Waals surface area contributed by atoms with Crippen LogP contribution in [-0.4, -0.2) is 28.9 Å². The molecule has 0 aromatic heterocycles. The predicted molar refractivity (Wildman–Crippen MR) is 76.0 cm³/mol. The van der Waals surface area contributed by atoms with Crippen molar-refractivity contribution in [2.45, 2.75) is 31.3 Å². The lowest BCUT2D eigenvalue weighted by atomic mass is 10.0. The zero-order valence-corrected chi connectivity index (χ0v) is 11.5. The van der Waals surface area contributed by atoms with Crippen molar-refractivity contribution in [1.29, 1.82) is 0 Å². The molecule has 6 N–H and O–H groups in total. The van der Waals surface area contributed by atoms with Crippen LogP contribution in [0.2, 0.25) is 0 Å².